The number of thiazole rings is 1. The molecule has 0 N–H and O–H groups in total. The normalized spacial score (nSPS) is 10.9. The van der Waals surface area contributed by atoms with Crippen LogP contribution in [0, 0.1) is 13.8 Å². The number of hydrogen-bond donors (Lipinski definition) is 0. The van der Waals surface area contributed by atoms with Crippen molar-refractivity contribution in [1.82, 2.24) is 4.98 Å². The van der Waals surface area contributed by atoms with Crippen molar-refractivity contribution in [2.45, 2.75) is 52.9 Å². The van der Waals surface area contributed by atoms with Gasteiger partial charge in [0.2, 0.25) is 0 Å². The molecule has 2 aromatic heterocycles. The summed E-state index contributed by atoms with van der Waals surface area (Å²) in [6, 6.07) is 4.05. The lowest BCUT2D eigenvalue weighted by molar-refractivity contribution is 0.0519. The number of aryl methyl sites for hydroxylation is 4. The first-order valence-electron chi connectivity index (χ1n) is 7.79. The zero-order chi connectivity index (χ0) is 15.9. The summed E-state index contributed by atoms with van der Waals surface area (Å²) in [6.45, 7) is 6.08. The van der Waals surface area contributed by atoms with Crippen LogP contribution in [0.15, 0.2) is 16.5 Å². The maximum atomic E-state index is 11.7. The molecule has 2 heterocycles. The molecule has 0 saturated carbocycles. The molecule has 2 rings (SSSR count). The molecule has 2 aromatic rings. The largest absolute Gasteiger partial charge is 0.466 e. The van der Waals surface area contributed by atoms with E-state index in [2.05, 4.69) is 4.98 Å². The van der Waals surface area contributed by atoms with Gasteiger partial charge in [0, 0.05) is 11.3 Å². The van der Waals surface area contributed by atoms with Crippen molar-refractivity contribution in [3.8, 4) is 0 Å². The molecule has 5 heteroatoms. The Balaban J connectivity index is 1.73. The smallest absolute Gasteiger partial charge is 0.358 e. The number of aromatic nitrogens is 1. The van der Waals surface area contributed by atoms with E-state index in [-0.39, 0.29) is 5.97 Å². The lowest BCUT2D eigenvalue weighted by Crippen LogP contribution is -2.06. The van der Waals surface area contributed by atoms with Crippen LogP contribution < -0.4 is 0 Å². The van der Waals surface area contributed by atoms with Crippen LogP contribution in [0.3, 0.4) is 0 Å². The molecule has 22 heavy (non-hydrogen) atoms. The van der Waals surface area contributed by atoms with Crippen LogP contribution in [0.2, 0.25) is 0 Å². The Morgan fingerprint density at radius 1 is 1.23 bits per heavy atom. The zero-order valence-corrected chi connectivity index (χ0v) is 14.3. The van der Waals surface area contributed by atoms with E-state index < -0.39 is 0 Å². The van der Waals surface area contributed by atoms with E-state index in [9.17, 15) is 4.79 Å². The predicted molar refractivity (Wildman–Crippen MR) is 87.5 cm³/mol. The summed E-state index contributed by atoms with van der Waals surface area (Å²) in [7, 11) is 0. The highest BCUT2D eigenvalue weighted by Crippen LogP contribution is 2.20. The minimum absolute atomic E-state index is 0.310. The standard InChI is InChI=1S/C17H23NO3S/c1-4-20-17(19)16-13(3)22-15(18-16)9-7-5-6-8-14-11-10-12(2)21-14/h10-11H,4-9H2,1-3H3. The second-order valence-corrected chi connectivity index (χ2v) is 6.59. The number of nitrogens with zero attached hydrogens (tertiary/aromatic N) is 1. The summed E-state index contributed by atoms with van der Waals surface area (Å²) >= 11 is 1.60. The van der Waals surface area contributed by atoms with Crippen LogP contribution in [0.5, 0.6) is 0 Å². The Bertz CT molecular complexity index is 615. The molecule has 0 spiro atoms. The monoisotopic (exact) mass is 321 g/mol. The van der Waals surface area contributed by atoms with Crippen molar-refractivity contribution in [3.05, 3.63) is 39.2 Å². The minimum Gasteiger partial charge on any atom is -0.466 e. The Morgan fingerprint density at radius 2 is 2.00 bits per heavy atom. The van der Waals surface area contributed by atoms with Gasteiger partial charge in [-0.1, -0.05) is 6.42 Å². The van der Waals surface area contributed by atoms with Crippen LogP contribution in [0.1, 0.15) is 58.1 Å². The molecule has 120 valence electrons. The summed E-state index contributed by atoms with van der Waals surface area (Å²) in [6.07, 6.45) is 5.23. The number of hydrogen-bond acceptors (Lipinski definition) is 5. The van der Waals surface area contributed by atoms with Crippen LogP contribution in [0.4, 0.5) is 0 Å². The van der Waals surface area contributed by atoms with Crippen molar-refractivity contribution >= 4 is 17.3 Å². The number of ether oxygens (including phenoxy) is 1. The first-order chi connectivity index (χ1) is 10.6. The average molecular weight is 321 g/mol. The van der Waals surface area contributed by atoms with Crippen LogP contribution >= 0.6 is 11.3 Å². The molecule has 0 aliphatic heterocycles. The lowest BCUT2D eigenvalue weighted by Gasteiger charge is -1.99. The first kappa shape index (κ1) is 16.7. The van der Waals surface area contributed by atoms with Gasteiger partial charge in [-0.25, -0.2) is 9.78 Å². The van der Waals surface area contributed by atoms with E-state index in [0.717, 1.165) is 53.5 Å². The molecule has 0 atom stereocenters. The third-order valence-electron chi connectivity index (χ3n) is 3.42. The average Bonchev–Trinajstić information content (AvgIpc) is 3.05. The summed E-state index contributed by atoms with van der Waals surface area (Å²) in [5, 5.41) is 1.02. The summed E-state index contributed by atoms with van der Waals surface area (Å²) in [5.74, 6) is 1.72. The molecule has 0 aliphatic rings. The second-order valence-electron chi connectivity index (χ2n) is 5.31. The highest BCUT2D eigenvalue weighted by atomic mass is 32.1. The van der Waals surface area contributed by atoms with Crippen LogP contribution in [-0.2, 0) is 17.6 Å². The molecule has 0 radical (unpaired) electrons. The van der Waals surface area contributed by atoms with Crippen LogP contribution in [-0.4, -0.2) is 17.6 Å². The van der Waals surface area contributed by atoms with E-state index in [1.807, 2.05) is 26.0 Å². The fourth-order valence-corrected chi connectivity index (χ4v) is 3.28. The predicted octanol–water partition coefficient (Wildman–Crippen LogP) is 4.49. The fraction of sp³-hybridized carbons (Fsp3) is 0.529. The molecule has 0 fully saturated rings. The van der Waals surface area contributed by atoms with Crippen molar-refractivity contribution in [3.63, 3.8) is 0 Å². The van der Waals surface area contributed by atoms with Crippen molar-refractivity contribution in [1.29, 1.82) is 0 Å². The van der Waals surface area contributed by atoms with Gasteiger partial charge >= 0.3 is 5.97 Å². The Labute approximate surface area is 135 Å². The van der Waals surface area contributed by atoms with Gasteiger partial charge in [-0.2, -0.15) is 0 Å². The third-order valence-corrected chi connectivity index (χ3v) is 4.45. The SMILES string of the molecule is CCOC(=O)c1nc(CCCCCc2ccc(C)o2)sc1C. The van der Waals surface area contributed by atoms with Gasteiger partial charge in [-0.3, -0.25) is 0 Å². The molecular formula is C17H23NO3S. The Morgan fingerprint density at radius 3 is 2.68 bits per heavy atom. The molecule has 4 nitrogen and oxygen atoms in total. The summed E-state index contributed by atoms with van der Waals surface area (Å²) < 4.78 is 10.6. The fourth-order valence-electron chi connectivity index (χ4n) is 2.32. The van der Waals surface area contributed by atoms with Crippen molar-refractivity contribution in [2.75, 3.05) is 6.61 Å². The van der Waals surface area contributed by atoms with Crippen molar-refractivity contribution < 1.29 is 13.9 Å². The van der Waals surface area contributed by atoms with Gasteiger partial charge in [0.1, 0.15) is 11.5 Å². The van der Waals surface area contributed by atoms with Gasteiger partial charge in [0.15, 0.2) is 5.69 Å². The summed E-state index contributed by atoms with van der Waals surface area (Å²) in [5.41, 5.74) is 0.480. The maximum Gasteiger partial charge on any atom is 0.358 e. The molecule has 0 amide bonds. The van der Waals surface area contributed by atoms with Gasteiger partial charge in [0.05, 0.1) is 11.6 Å². The van der Waals surface area contributed by atoms with Crippen LogP contribution in [0.25, 0.3) is 0 Å². The van der Waals surface area contributed by atoms with E-state index in [4.69, 9.17) is 9.15 Å². The minimum atomic E-state index is -0.310. The molecule has 0 unspecified atom stereocenters. The Kier molecular flexibility index (Phi) is 6.19. The number of unbranched alkanes of at least 4 members (excludes halogenated alkanes) is 2. The number of esters is 1. The molecule has 0 bridgehead atoms. The zero-order valence-electron chi connectivity index (χ0n) is 13.5. The van der Waals surface area contributed by atoms with E-state index >= 15 is 0 Å². The highest BCUT2D eigenvalue weighted by molar-refractivity contribution is 7.11. The number of carbonyl (C=O) groups excluding carboxylic acids is 1. The number of rotatable bonds is 8. The number of furan rings is 1. The van der Waals surface area contributed by atoms with Gasteiger partial charge in [-0.15, -0.1) is 11.3 Å². The lowest BCUT2D eigenvalue weighted by atomic mass is 10.1. The first-order valence-corrected chi connectivity index (χ1v) is 8.60. The Hall–Kier alpha value is -1.62. The van der Waals surface area contributed by atoms with E-state index in [0.29, 0.717) is 12.3 Å². The quantitative estimate of drug-likeness (QED) is 0.531. The van der Waals surface area contributed by atoms with E-state index in [1.165, 1.54) is 0 Å². The molecule has 0 aliphatic carbocycles. The molecule has 0 saturated heterocycles. The van der Waals surface area contributed by atoms with Gasteiger partial charge in [0.25, 0.3) is 0 Å². The van der Waals surface area contributed by atoms with Gasteiger partial charge < -0.3 is 9.15 Å². The topological polar surface area (TPSA) is 52.3 Å². The van der Waals surface area contributed by atoms with E-state index in [1.54, 1.807) is 18.3 Å². The maximum absolute atomic E-state index is 11.7. The number of carbonyl (C=O) groups is 1. The van der Waals surface area contributed by atoms with Crippen molar-refractivity contribution in [2.24, 2.45) is 0 Å². The molecular weight excluding hydrogens is 298 g/mol. The highest BCUT2D eigenvalue weighted by Gasteiger charge is 2.16. The summed E-state index contributed by atoms with van der Waals surface area (Å²) in [4.78, 5) is 17.1. The second kappa shape index (κ2) is 8.13. The molecule has 0 aromatic carbocycles. The van der Waals surface area contributed by atoms with Gasteiger partial charge in [-0.05, 0) is 52.2 Å². The third kappa shape index (κ3) is 4.70.